The van der Waals surface area contributed by atoms with Gasteiger partial charge in [-0.1, -0.05) is 18.2 Å². The molecule has 0 atom stereocenters. The number of benzene rings is 2. The van der Waals surface area contributed by atoms with Crippen LogP contribution in [0.2, 0.25) is 0 Å². The molecule has 118 valence electrons. The number of aromatic nitrogens is 2. The number of nitrogens with zero attached hydrogens (tertiary/aromatic N) is 1. The quantitative estimate of drug-likeness (QED) is 0.500. The number of fused-ring (bicyclic) bond motifs is 1. The molecule has 23 heavy (non-hydrogen) atoms. The maximum Gasteiger partial charge on any atom is 0.417 e. The third kappa shape index (κ3) is 2.76. The Labute approximate surface area is 127 Å². The molecule has 0 saturated heterocycles. The molecule has 0 saturated carbocycles. The Kier molecular flexibility index (Phi) is 3.53. The molecule has 1 aromatic heterocycles. The third-order valence-electron chi connectivity index (χ3n) is 3.33. The predicted octanol–water partition coefficient (Wildman–Crippen LogP) is 3.37. The summed E-state index contributed by atoms with van der Waals surface area (Å²) in [7, 11) is 0. The largest absolute Gasteiger partial charge is 0.417 e. The predicted molar refractivity (Wildman–Crippen MR) is 75.8 cm³/mol. The van der Waals surface area contributed by atoms with Crippen LogP contribution in [-0.4, -0.2) is 21.1 Å². The van der Waals surface area contributed by atoms with E-state index in [1.807, 2.05) is 0 Å². The van der Waals surface area contributed by atoms with Crippen molar-refractivity contribution >= 4 is 16.9 Å². The minimum Gasteiger partial charge on any atom is -0.338 e. The molecule has 0 bridgehead atoms. The number of carbonyl (C=O) groups is 1. The summed E-state index contributed by atoms with van der Waals surface area (Å²) >= 11 is 0. The molecule has 8 heteroatoms. The first-order valence-corrected chi connectivity index (χ1v) is 6.51. The smallest absolute Gasteiger partial charge is 0.338 e. The standard InChI is InChI=1S/C15H10F3N3O2/c16-15(17,18)10-4-2-1-3-9(10)13-19-11-6-5-8(14(22)21-23)7-12(11)20-13/h1-7,23H,(H,19,20)(H,21,22). The highest BCUT2D eigenvalue weighted by atomic mass is 19.4. The van der Waals surface area contributed by atoms with Crippen LogP contribution >= 0.6 is 0 Å². The van der Waals surface area contributed by atoms with Crippen molar-refractivity contribution in [1.29, 1.82) is 0 Å². The fourth-order valence-electron chi connectivity index (χ4n) is 2.28. The number of hydrogen-bond acceptors (Lipinski definition) is 3. The van der Waals surface area contributed by atoms with Crippen molar-refractivity contribution in [3.05, 3.63) is 53.6 Å². The molecule has 3 aromatic rings. The third-order valence-corrected chi connectivity index (χ3v) is 3.33. The van der Waals surface area contributed by atoms with Gasteiger partial charge in [0.1, 0.15) is 5.82 Å². The van der Waals surface area contributed by atoms with E-state index >= 15 is 0 Å². The number of imidazole rings is 1. The van der Waals surface area contributed by atoms with Crippen molar-refractivity contribution in [2.45, 2.75) is 6.18 Å². The van der Waals surface area contributed by atoms with Crippen molar-refractivity contribution in [3.63, 3.8) is 0 Å². The summed E-state index contributed by atoms with van der Waals surface area (Å²) in [5, 5.41) is 8.62. The van der Waals surface area contributed by atoms with Crippen molar-refractivity contribution < 1.29 is 23.2 Å². The number of hydrogen-bond donors (Lipinski definition) is 3. The van der Waals surface area contributed by atoms with Gasteiger partial charge >= 0.3 is 6.18 Å². The number of alkyl halides is 3. The van der Waals surface area contributed by atoms with E-state index in [0.717, 1.165) is 6.07 Å². The average Bonchev–Trinajstić information content (AvgIpc) is 2.96. The van der Waals surface area contributed by atoms with Crippen LogP contribution in [0.5, 0.6) is 0 Å². The fourth-order valence-corrected chi connectivity index (χ4v) is 2.28. The van der Waals surface area contributed by atoms with Crippen molar-refractivity contribution in [3.8, 4) is 11.4 Å². The van der Waals surface area contributed by atoms with Crippen LogP contribution in [0.4, 0.5) is 13.2 Å². The van der Waals surface area contributed by atoms with Gasteiger partial charge in [-0.3, -0.25) is 10.0 Å². The van der Waals surface area contributed by atoms with E-state index in [-0.39, 0.29) is 17.0 Å². The molecule has 1 heterocycles. The summed E-state index contributed by atoms with van der Waals surface area (Å²) in [6.45, 7) is 0. The fraction of sp³-hybridized carbons (Fsp3) is 0.0667. The second kappa shape index (κ2) is 5.40. The number of rotatable bonds is 2. The molecule has 3 rings (SSSR count). The molecule has 3 N–H and O–H groups in total. The molecule has 0 fully saturated rings. The Morgan fingerprint density at radius 1 is 1.17 bits per heavy atom. The summed E-state index contributed by atoms with van der Waals surface area (Å²) in [5.74, 6) is -0.673. The molecule has 0 spiro atoms. The van der Waals surface area contributed by atoms with Crippen LogP contribution in [0.25, 0.3) is 22.4 Å². The van der Waals surface area contributed by atoms with Crippen LogP contribution < -0.4 is 5.48 Å². The number of hydroxylamine groups is 1. The van der Waals surface area contributed by atoms with E-state index in [4.69, 9.17) is 5.21 Å². The molecule has 2 aromatic carbocycles. The first kappa shape index (κ1) is 15.0. The van der Waals surface area contributed by atoms with E-state index in [0.29, 0.717) is 11.0 Å². The van der Waals surface area contributed by atoms with Gasteiger partial charge in [0.15, 0.2) is 0 Å². The second-order valence-electron chi connectivity index (χ2n) is 4.80. The first-order chi connectivity index (χ1) is 10.9. The molecular weight excluding hydrogens is 311 g/mol. The normalized spacial score (nSPS) is 11.7. The highest BCUT2D eigenvalue weighted by Gasteiger charge is 2.34. The maximum absolute atomic E-state index is 13.1. The van der Waals surface area contributed by atoms with Gasteiger partial charge < -0.3 is 4.98 Å². The average molecular weight is 321 g/mol. The van der Waals surface area contributed by atoms with Crippen LogP contribution in [-0.2, 0) is 6.18 Å². The lowest BCUT2D eigenvalue weighted by molar-refractivity contribution is -0.137. The van der Waals surface area contributed by atoms with E-state index in [2.05, 4.69) is 9.97 Å². The van der Waals surface area contributed by atoms with Crippen LogP contribution in [0.3, 0.4) is 0 Å². The molecule has 5 nitrogen and oxygen atoms in total. The van der Waals surface area contributed by atoms with Gasteiger partial charge in [-0.05, 0) is 24.3 Å². The highest BCUT2D eigenvalue weighted by molar-refractivity contribution is 5.97. The van der Waals surface area contributed by atoms with Crippen LogP contribution in [0.1, 0.15) is 15.9 Å². The van der Waals surface area contributed by atoms with E-state index in [9.17, 15) is 18.0 Å². The Balaban J connectivity index is 2.14. The molecule has 0 aliphatic heterocycles. The lowest BCUT2D eigenvalue weighted by Crippen LogP contribution is -2.18. The summed E-state index contributed by atoms with van der Waals surface area (Å²) in [6.07, 6.45) is -4.50. The number of amides is 1. The van der Waals surface area contributed by atoms with Gasteiger partial charge in [0.2, 0.25) is 0 Å². The van der Waals surface area contributed by atoms with Gasteiger partial charge in [-0.25, -0.2) is 10.5 Å². The number of carbonyl (C=O) groups excluding carboxylic acids is 1. The van der Waals surface area contributed by atoms with Gasteiger partial charge in [0.05, 0.1) is 16.6 Å². The van der Waals surface area contributed by atoms with E-state index in [1.54, 1.807) is 0 Å². The lowest BCUT2D eigenvalue weighted by Gasteiger charge is -2.10. The summed E-state index contributed by atoms with van der Waals surface area (Å²) in [5.41, 5.74) is 1.56. The molecule has 0 radical (unpaired) electrons. The molecule has 1 amide bonds. The topological polar surface area (TPSA) is 78.0 Å². The molecular formula is C15H10F3N3O2. The Bertz CT molecular complexity index is 887. The Hall–Kier alpha value is -2.87. The number of aromatic amines is 1. The van der Waals surface area contributed by atoms with Crippen molar-refractivity contribution in [1.82, 2.24) is 15.4 Å². The van der Waals surface area contributed by atoms with Gasteiger partial charge in [-0.15, -0.1) is 0 Å². The van der Waals surface area contributed by atoms with Crippen LogP contribution in [0, 0.1) is 0 Å². The SMILES string of the molecule is O=C(NO)c1ccc2nc(-c3ccccc3C(F)(F)F)[nH]c2c1. The van der Waals surface area contributed by atoms with E-state index in [1.165, 1.54) is 41.9 Å². The Morgan fingerprint density at radius 3 is 2.61 bits per heavy atom. The lowest BCUT2D eigenvalue weighted by atomic mass is 10.1. The number of H-pyrrole nitrogens is 1. The second-order valence-corrected chi connectivity index (χ2v) is 4.80. The van der Waals surface area contributed by atoms with E-state index < -0.39 is 17.6 Å². The zero-order valence-electron chi connectivity index (χ0n) is 11.5. The van der Waals surface area contributed by atoms with Gasteiger partial charge in [-0.2, -0.15) is 13.2 Å². The number of halogens is 3. The van der Waals surface area contributed by atoms with Crippen molar-refractivity contribution in [2.24, 2.45) is 0 Å². The zero-order chi connectivity index (χ0) is 16.6. The maximum atomic E-state index is 13.1. The summed E-state index contributed by atoms with van der Waals surface area (Å²) in [6, 6.07) is 9.38. The molecule has 0 aliphatic carbocycles. The summed E-state index contributed by atoms with van der Waals surface area (Å²) in [4.78, 5) is 18.3. The van der Waals surface area contributed by atoms with Gasteiger partial charge in [0, 0.05) is 11.1 Å². The van der Waals surface area contributed by atoms with Gasteiger partial charge in [0.25, 0.3) is 5.91 Å². The van der Waals surface area contributed by atoms with Crippen molar-refractivity contribution in [2.75, 3.05) is 0 Å². The summed E-state index contributed by atoms with van der Waals surface area (Å²) < 4.78 is 39.2. The number of nitrogens with one attached hydrogen (secondary N) is 2. The highest BCUT2D eigenvalue weighted by Crippen LogP contribution is 2.36. The molecule has 0 aliphatic rings. The minimum atomic E-state index is -4.50. The molecule has 0 unspecified atom stereocenters. The van der Waals surface area contributed by atoms with Crippen LogP contribution in [0.15, 0.2) is 42.5 Å². The Morgan fingerprint density at radius 2 is 1.91 bits per heavy atom. The monoisotopic (exact) mass is 321 g/mol. The zero-order valence-corrected chi connectivity index (χ0v) is 11.5. The first-order valence-electron chi connectivity index (χ1n) is 6.51. The minimum absolute atomic E-state index is 0.0504.